The van der Waals surface area contributed by atoms with Crippen molar-refractivity contribution in [2.45, 2.75) is 26.1 Å². The van der Waals surface area contributed by atoms with Crippen molar-refractivity contribution < 1.29 is 9.32 Å². The van der Waals surface area contributed by atoms with Crippen molar-refractivity contribution in [1.82, 2.24) is 25.2 Å². The molecule has 3 aromatic rings. The summed E-state index contributed by atoms with van der Waals surface area (Å²) in [6, 6.07) is 12.0. The molecule has 0 saturated heterocycles. The van der Waals surface area contributed by atoms with E-state index >= 15 is 0 Å². The van der Waals surface area contributed by atoms with Crippen molar-refractivity contribution in [2.75, 3.05) is 13.6 Å². The topological polar surface area (TPSA) is 78.3 Å². The fraction of sp³-hybridized carbons (Fsp3) is 0.316. The van der Waals surface area contributed by atoms with Crippen LogP contribution in [-0.2, 0) is 26.1 Å². The Kier molecular flexibility index (Phi) is 4.53. The lowest BCUT2D eigenvalue weighted by Gasteiger charge is -2.25. The van der Waals surface area contributed by atoms with Crippen molar-refractivity contribution in [1.29, 1.82) is 0 Å². The highest BCUT2D eigenvalue weighted by atomic mass is 16.5. The van der Waals surface area contributed by atoms with Gasteiger partial charge in [-0.1, -0.05) is 35.5 Å². The van der Waals surface area contributed by atoms with E-state index in [-0.39, 0.29) is 5.91 Å². The van der Waals surface area contributed by atoms with Gasteiger partial charge in [0.15, 0.2) is 11.5 Å². The van der Waals surface area contributed by atoms with Gasteiger partial charge >= 0.3 is 0 Å². The van der Waals surface area contributed by atoms with Crippen molar-refractivity contribution >= 4 is 5.91 Å². The SMILES string of the molecule is CN(Cc1ccccc1)Cc1cc(C(=O)N2CCc3[nH]ncc3C2)no1. The molecule has 134 valence electrons. The minimum atomic E-state index is -0.0995. The first-order chi connectivity index (χ1) is 12.7. The van der Waals surface area contributed by atoms with Crippen LogP contribution in [0.3, 0.4) is 0 Å². The van der Waals surface area contributed by atoms with Gasteiger partial charge in [-0.25, -0.2) is 0 Å². The number of carbonyl (C=O) groups is 1. The number of amides is 1. The van der Waals surface area contributed by atoms with Gasteiger partial charge in [0.2, 0.25) is 0 Å². The van der Waals surface area contributed by atoms with Gasteiger partial charge in [-0.15, -0.1) is 0 Å². The number of aromatic amines is 1. The smallest absolute Gasteiger partial charge is 0.276 e. The summed E-state index contributed by atoms with van der Waals surface area (Å²) < 4.78 is 5.38. The molecule has 7 heteroatoms. The number of hydrogen-bond donors (Lipinski definition) is 1. The number of nitrogens with zero attached hydrogens (tertiary/aromatic N) is 4. The van der Waals surface area contributed by atoms with E-state index in [2.05, 4.69) is 32.4 Å². The molecule has 1 aliphatic heterocycles. The van der Waals surface area contributed by atoms with Crippen LogP contribution in [0.4, 0.5) is 0 Å². The molecule has 1 aromatic carbocycles. The number of aromatic nitrogens is 3. The molecule has 26 heavy (non-hydrogen) atoms. The van der Waals surface area contributed by atoms with Crippen molar-refractivity contribution in [3.05, 3.63) is 70.9 Å². The average Bonchev–Trinajstić information content (AvgIpc) is 3.30. The molecule has 0 aliphatic carbocycles. The Balaban J connectivity index is 1.37. The van der Waals surface area contributed by atoms with Crippen LogP contribution in [0.1, 0.15) is 33.1 Å². The summed E-state index contributed by atoms with van der Waals surface area (Å²) in [5.41, 5.74) is 3.77. The second kappa shape index (κ2) is 7.13. The molecule has 1 amide bonds. The standard InChI is InChI=1S/C19H21N5O2/c1-23(11-14-5-3-2-4-6-14)13-16-9-18(22-26-16)19(25)24-8-7-17-15(12-24)10-20-21-17/h2-6,9-10H,7-8,11-13H2,1H3,(H,20,21). The van der Waals surface area contributed by atoms with Crippen LogP contribution in [0.2, 0.25) is 0 Å². The maximum absolute atomic E-state index is 12.7. The normalized spacial score (nSPS) is 13.8. The molecule has 3 heterocycles. The molecule has 1 aliphatic rings. The quantitative estimate of drug-likeness (QED) is 0.763. The van der Waals surface area contributed by atoms with Crippen molar-refractivity contribution in [3.8, 4) is 0 Å². The minimum Gasteiger partial charge on any atom is -0.359 e. The Morgan fingerprint density at radius 2 is 2.15 bits per heavy atom. The van der Waals surface area contributed by atoms with E-state index in [9.17, 15) is 4.79 Å². The molecule has 7 nitrogen and oxygen atoms in total. The first kappa shape index (κ1) is 16.5. The lowest BCUT2D eigenvalue weighted by Crippen LogP contribution is -2.35. The summed E-state index contributed by atoms with van der Waals surface area (Å²) in [6.07, 6.45) is 2.56. The lowest BCUT2D eigenvalue weighted by atomic mass is 10.1. The summed E-state index contributed by atoms with van der Waals surface area (Å²) >= 11 is 0. The van der Waals surface area contributed by atoms with E-state index in [1.165, 1.54) is 5.56 Å². The number of H-pyrrole nitrogens is 1. The molecule has 1 N–H and O–H groups in total. The first-order valence-electron chi connectivity index (χ1n) is 8.67. The van der Waals surface area contributed by atoms with Crippen LogP contribution in [0.15, 0.2) is 47.1 Å². The fourth-order valence-corrected chi connectivity index (χ4v) is 3.26. The fourth-order valence-electron chi connectivity index (χ4n) is 3.26. The molecule has 0 atom stereocenters. The van der Waals surface area contributed by atoms with Gasteiger partial charge in [0.25, 0.3) is 5.91 Å². The van der Waals surface area contributed by atoms with Gasteiger partial charge in [-0.05, 0) is 12.6 Å². The number of carbonyl (C=O) groups excluding carboxylic acids is 1. The zero-order valence-corrected chi connectivity index (χ0v) is 14.7. The Labute approximate surface area is 151 Å². The van der Waals surface area contributed by atoms with Gasteiger partial charge < -0.3 is 9.42 Å². The zero-order chi connectivity index (χ0) is 17.9. The number of nitrogens with one attached hydrogen (secondary N) is 1. The molecule has 4 rings (SSSR count). The second-order valence-corrected chi connectivity index (χ2v) is 6.69. The van der Waals surface area contributed by atoms with Gasteiger partial charge in [-0.3, -0.25) is 14.8 Å². The van der Waals surface area contributed by atoms with Crippen molar-refractivity contribution in [3.63, 3.8) is 0 Å². The zero-order valence-electron chi connectivity index (χ0n) is 14.7. The number of benzene rings is 1. The summed E-state index contributed by atoms with van der Waals surface area (Å²) in [7, 11) is 2.02. The van der Waals surface area contributed by atoms with Crippen LogP contribution in [0.5, 0.6) is 0 Å². The van der Waals surface area contributed by atoms with Crippen LogP contribution in [0, 0.1) is 0 Å². The van der Waals surface area contributed by atoms with Gasteiger partial charge in [-0.2, -0.15) is 5.10 Å². The minimum absolute atomic E-state index is 0.0995. The van der Waals surface area contributed by atoms with Gasteiger partial charge in [0.1, 0.15) is 0 Å². The van der Waals surface area contributed by atoms with Crippen LogP contribution in [-0.4, -0.2) is 44.7 Å². The summed E-state index contributed by atoms with van der Waals surface area (Å²) in [5, 5.41) is 11.0. The van der Waals surface area contributed by atoms with Gasteiger partial charge in [0, 0.05) is 43.4 Å². The van der Waals surface area contributed by atoms with Crippen LogP contribution >= 0.6 is 0 Å². The Morgan fingerprint density at radius 1 is 1.31 bits per heavy atom. The number of hydrogen-bond acceptors (Lipinski definition) is 5. The molecule has 0 radical (unpaired) electrons. The lowest BCUT2D eigenvalue weighted by molar-refractivity contribution is 0.0723. The Bertz CT molecular complexity index is 886. The first-order valence-corrected chi connectivity index (χ1v) is 8.67. The van der Waals surface area contributed by atoms with E-state index < -0.39 is 0 Å². The maximum Gasteiger partial charge on any atom is 0.276 e. The van der Waals surface area contributed by atoms with Crippen molar-refractivity contribution in [2.24, 2.45) is 0 Å². The summed E-state index contributed by atoms with van der Waals surface area (Å²) in [6.45, 7) is 2.62. The Hall–Kier alpha value is -2.93. The summed E-state index contributed by atoms with van der Waals surface area (Å²) in [4.78, 5) is 16.6. The number of fused-ring (bicyclic) bond motifs is 1. The molecule has 0 spiro atoms. The highest BCUT2D eigenvalue weighted by molar-refractivity contribution is 5.92. The van der Waals surface area contributed by atoms with Crippen LogP contribution in [0.25, 0.3) is 0 Å². The third-order valence-electron chi connectivity index (χ3n) is 4.59. The highest BCUT2D eigenvalue weighted by Gasteiger charge is 2.25. The third kappa shape index (κ3) is 3.52. The van der Waals surface area contributed by atoms with Gasteiger partial charge in [0.05, 0.1) is 12.7 Å². The Morgan fingerprint density at radius 3 is 3.00 bits per heavy atom. The predicted molar refractivity (Wildman–Crippen MR) is 95.1 cm³/mol. The molecule has 0 bridgehead atoms. The van der Waals surface area contributed by atoms with E-state index in [1.807, 2.05) is 25.2 Å². The molecule has 0 fully saturated rings. The summed E-state index contributed by atoms with van der Waals surface area (Å²) in [5.74, 6) is 0.588. The number of rotatable bonds is 5. The van der Waals surface area contributed by atoms with E-state index in [4.69, 9.17) is 4.52 Å². The predicted octanol–water partition coefficient (Wildman–Crippen LogP) is 2.23. The highest BCUT2D eigenvalue weighted by Crippen LogP contribution is 2.19. The molecule has 2 aromatic heterocycles. The molecular formula is C19H21N5O2. The van der Waals surface area contributed by atoms with E-state index in [0.29, 0.717) is 31.1 Å². The molecule has 0 saturated carbocycles. The third-order valence-corrected chi connectivity index (χ3v) is 4.59. The van der Waals surface area contributed by atoms with Crippen LogP contribution < -0.4 is 0 Å². The largest absolute Gasteiger partial charge is 0.359 e. The molecular weight excluding hydrogens is 330 g/mol. The maximum atomic E-state index is 12.7. The monoisotopic (exact) mass is 351 g/mol. The molecule has 0 unspecified atom stereocenters. The van der Waals surface area contributed by atoms with E-state index in [0.717, 1.165) is 24.2 Å². The average molecular weight is 351 g/mol. The van der Waals surface area contributed by atoms with E-state index in [1.54, 1.807) is 17.2 Å². The second-order valence-electron chi connectivity index (χ2n) is 6.69.